The van der Waals surface area contributed by atoms with Crippen LogP contribution in [0.4, 0.5) is 5.82 Å². The van der Waals surface area contributed by atoms with Crippen LogP contribution in [0.5, 0.6) is 0 Å². The summed E-state index contributed by atoms with van der Waals surface area (Å²) in [6.45, 7) is 0. The Kier molecular flexibility index (Phi) is 3.58. The Morgan fingerprint density at radius 3 is 2.52 bits per heavy atom. The Hall–Kier alpha value is -3.39. The molecule has 0 aromatic carbocycles. The molecule has 122 valence electrons. The van der Waals surface area contributed by atoms with Crippen LogP contribution < -0.4 is 11.3 Å². The number of allylic oxidation sites excluding steroid dienone is 5. The van der Waals surface area contributed by atoms with E-state index in [1.807, 2.05) is 12.1 Å². The molecule has 1 aliphatic rings. The number of rotatable bonds is 2. The first-order valence-electron chi connectivity index (χ1n) is 7.33. The molecule has 2 N–H and O–H groups in total. The van der Waals surface area contributed by atoms with Crippen molar-refractivity contribution in [3.63, 3.8) is 0 Å². The summed E-state index contributed by atoms with van der Waals surface area (Å²) in [5, 5.41) is 5.14. The fraction of sp³-hybridized carbons (Fsp3) is 0. The number of ketones is 1. The predicted octanol–water partition coefficient (Wildman–Crippen LogP) is 1.87. The Bertz CT molecular complexity index is 1120. The first kappa shape index (κ1) is 15.2. The number of anilines is 1. The second-order valence-corrected chi connectivity index (χ2v) is 6.22. The first-order chi connectivity index (χ1) is 12.1. The summed E-state index contributed by atoms with van der Waals surface area (Å²) in [5.41, 5.74) is 7.51. The second-order valence-electron chi connectivity index (χ2n) is 5.27. The van der Waals surface area contributed by atoms with Gasteiger partial charge in [0.2, 0.25) is 4.96 Å². The van der Waals surface area contributed by atoms with E-state index in [0.29, 0.717) is 15.5 Å². The lowest BCUT2D eigenvalue weighted by Crippen LogP contribution is -2.16. The molecule has 7 nitrogen and oxygen atoms in total. The molecule has 25 heavy (non-hydrogen) atoms. The molecule has 0 saturated heterocycles. The van der Waals surface area contributed by atoms with Crippen LogP contribution in [-0.4, -0.2) is 25.4 Å². The molecule has 0 radical (unpaired) electrons. The van der Waals surface area contributed by atoms with Gasteiger partial charge < -0.3 is 5.73 Å². The summed E-state index contributed by atoms with van der Waals surface area (Å²) in [4.78, 5) is 32.0. The SMILES string of the molecule is Nc1c(C=C2C=CC(=O)C=C2)c(=O)nc2sc(-c3ccncc3)nn12. The smallest absolute Gasteiger partial charge is 0.283 e. The molecule has 0 fully saturated rings. The summed E-state index contributed by atoms with van der Waals surface area (Å²) in [6, 6.07) is 3.65. The zero-order valence-corrected chi connectivity index (χ0v) is 13.6. The number of hydrogen-bond donors (Lipinski definition) is 1. The maximum Gasteiger partial charge on any atom is 0.283 e. The summed E-state index contributed by atoms with van der Waals surface area (Å²) >= 11 is 1.27. The topological polar surface area (TPSA) is 103 Å². The number of nitrogens with zero attached hydrogens (tertiary/aromatic N) is 4. The van der Waals surface area contributed by atoms with E-state index >= 15 is 0 Å². The molecule has 0 bridgehead atoms. The lowest BCUT2D eigenvalue weighted by Gasteiger charge is -2.03. The highest BCUT2D eigenvalue weighted by Crippen LogP contribution is 2.26. The van der Waals surface area contributed by atoms with Gasteiger partial charge in [-0.05, 0) is 35.9 Å². The van der Waals surface area contributed by atoms with Gasteiger partial charge in [0.25, 0.3) is 5.56 Å². The van der Waals surface area contributed by atoms with E-state index in [0.717, 1.165) is 5.56 Å². The van der Waals surface area contributed by atoms with Crippen molar-refractivity contribution < 1.29 is 4.79 Å². The molecular weight excluding hydrogens is 338 g/mol. The van der Waals surface area contributed by atoms with Crippen molar-refractivity contribution in [1.82, 2.24) is 19.6 Å². The molecular formula is C17H11N5O2S. The number of aromatic nitrogens is 4. The van der Waals surface area contributed by atoms with Crippen molar-refractivity contribution in [3.05, 3.63) is 70.3 Å². The van der Waals surface area contributed by atoms with E-state index < -0.39 is 5.56 Å². The number of nitrogen functional groups attached to an aromatic ring is 1. The van der Waals surface area contributed by atoms with Crippen LogP contribution in [0.1, 0.15) is 5.56 Å². The number of carbonyl (C=O) groups is 1. The number of pyridine rings is 1. The molecule has 3 heterocycles. The van der Waals surface area contributed by atoms with E-state index in [-0.39, 0.29) is 17.2 Å². The number of carbonyl (C=O) groups excluding carboxylic acids is 1. The predicted molar refractivity (Wildman–Crippen MR) is 96.0 cm³/mol. The van der Waals surface area contributed by atoms with Crippen LogP contribution >= 0.6 is 11.3 Å². The van der Waals surface area contributed by atoms with Gasteiger partial charge >= 0.3 is 0 Å². The quantitative estimate of drug-likeness (QED) is 0.757. The molecule has 3 aromatic heterocycles. The van der Waals surface area contributed by atoms with Crippen LogP contribution in [0.2, 0.25) is 0 Å². The van der Waals surface area contributed by atoms with Crippen molar-refractivity contribution in [1.29, 1.82) is 0 Å². The highest BCUT2D eigenvalue weighted by Gasteiger charge is 2.14. The molecule has 8 heteroatoms. The molecule has 0 aliphatic heterocycles. The molecule has 0 unspecified atom stereocenters. The molecule has 0 atom stereocenters. The number of fused-ring (bicyclic) bond motifs is 1. The fourth-order valence-corrected chi connectivity index (χ4v) is 3.26. The number of hydrogen-bond acceptors (Lipinski definition) is 7. The Morgan fingerprint density at radius 1 is 1.08 bits per heavy atom. The maximum absolute atomic E-state index is 12.3. The third-order valence-corrected chi connectivity index (χ3v) is 4.57. The monoisotopic (exact) mass is 349 g/mol. The highest BCUT2D eigenvalue weighted by atomic mass is 32.1. The fourth-order valence-electron chi connectivity index (χ4n) is 2.36. The summed E-state index contributed by atoms with van der Waals surface area (Å²) < 4.78 is 1.45. The van der Waals surface area contributed by atoms with Crippen molar-refractivity contribution in [2.24, 2.45) is 0 Å². The van der Waals surface area contributed by atoms with Crippen molar-refractivity contribution >= 4 is 34.0 Å². The Balaban J connectivity index is 1.86. The number of nitrogens with two attached hydrogens (primary N) is 1. The minimum absolute atomic E-state index is 0.100. The second kappa shape index (κ2) is 5.91. The van der Waals surface area contributed by atoms with Crippen LogP contribution in [0.3, 0.4) is 0 Å². The highest BCUT2D eigenvalue weighted by molar-refractivity contribution is 7.19. The van der Waals surface area contributed by atoms with E-state index in [9.17, 15) is 9.59 Å². The third kappa shape index (κ3) is 2.79. The lowest BCUT2D eigenvalue weighted by molar-refractivity contribution is -0.110. The van der Waals surface area contributed by atoms with E-state index in [2.05, 4.69) is 15.1 Å². The van der Waals surface area contributed by atoms with Gasteiger partial charge in [-0.2, -0.15) is 14.6 Å². The Morgan fingerprint density at radius 2 is 1.80 bits per heavy atom. The minimum Gasteiger partial charge on any atom is -0.383 e. The van der Waals surface area contributed by atoms with E-state index in [1.165, 1.54) is 28.0 Å². The van der Waals surface area contributed by atoms with Crippen LogP contribution in [0.25, 0.3) is 21.6 Å². The molecule has 1 aliphatic carbocycles. The van der Waals surface area contributed by atoms with Gasteiger partial charge in [-0.25, -0.2) is 0 Å². The summed E-state index contributed by atoms with van der Waals surface area (Å²) in [7, 11) is 0. The van der Waals surface area contributed by atoms with Gasteiger partial charge in [-0.3, -0.25) is 14.6 Å². The average molecular weight is 349 g/mol. The zero-order valence-electron chi connectivity index (χ0n) is 12.8. The van der Waals surface area contributed by atoms with Gasteiger partial charge in [0.05, 0.1) is 5.56 Å². The summed E-state index contributed by atoms with van der Waals surface area (Å²) in [5.74, 6) is 0.106. The lowest BCUT2D eigenvalue weighted by atomic mass is 10.1. The molecule has 4 rings (SSSR count). The maximum atomic E-state index is 12.3. The van der Waals surface area contributed by atoms with Crippen molar-refractivity contribution in [2.45, 2.75) is 0 Å². The van der Waals surface area contributed by atoms with Crippen molar-refractivity contribution in [2.75, 3.05) is 5.73 Å². The van der Waals surface area contributed by atoms with E-state index in [1.54, 1.807) is 30.6 Å². The van der Waals surface area contributed by atoms with Gasteiger partial charge in [0.1, 0.15) is 10.8 Å². The van der Waals surface area contributed by atoms with Gasteiger partial charge in [0.15, 0.2) is 5.78 Å². The minimum atomic E-state index is -0.436. The molecule has 0 saturated carbocycles. The average Bonchev–Trinajstić information content (AvgIpc) is 3.05. The molecule has 0 amide bonds. The molecule has 3 aromatic rings. The van der Waals surface area contributed by atoms with Crippen LogP contribution in [0.15, 0.2) is 59.2 Å². The standard InChI is InChI=1S/C17H11N5O2S/c18-14-13(9-10-1-3-12(23)4-2-10)15(24)20-17-22(14)21-16(25-17)11-5-7-19-8-6-11/h1-9H,18H2. The Labute approximate surface area is 145 Å². The third-order valence-electron chi connectivity index (χ3n) is 3.61. The van der Waals surface area contributed by atoms with Gasteiger partial charge in [-0.15, -0.1) is 0 Å². The zero-order chi connectivity index (χ0) is 17.4. The first-order valence-corrected chi connectivity index (χ1v) is 8.15. The van der Waals surface area contributed by atoms with Gasteiger partial charge in [0, 0.05) is 18.0 Å². The molecule has 0 spiro atoms. The van der Waals surface area contributed by atoms with Gasteiger partial charge in [-0.1, -0.05) is 23.5 Å². The van der Waals surface area contributed by atoms with Crippen LogP contribution in [-0.2, 0) is 4.79 Å². The summed E-state index contributed by atoms with van der Waals surface area (Å²) in [6.07, 6.45) is 11.0. The van der Waals surface area contributed by atoms with Crippen molar-refractivity contribution in [3.8, 4) is 10.6 Å². The van der Waals surface area contributed by atoms with Crippen LogP contribution in [0, 0.1) is 0 Å². The van der Waals surface area contributed by atoms with E-state index in [4.69, 9.17) is 5.73 Å². The largest absolute Gasteiger partial charge is 0.383 e. The normalized spacial score (nSPS) is 13.6.